The van der Waals surface area contributed by atoms with Gasteiger partial charge in [-0.25, -0.2) is 9.78 Å². The van der Waals surface area contributed by atoms with E-state index in [-0.39, 0.29) is 24.6 Å². The first-order valence-corrected chi connectivity index (χ1v) is 5.86. The summed E-state index contributed by atoms with van der Waals surface area (Å²) in [6.45, 7) is 5.04. The summed E-state index contributed by atoms with van der Waals surface area (Å²) in [4.78, 5) is 26.6. The standard InChI is InChI=1S/C13H18N2O4/c1-13(2,3)19-12(17)8-18-9-4-5-10(15-7-9)11(16)6-14/h4-5,7H,6,8,14H2,1-3H3. The van der Waals surface area contributed by atoms with E-state index in [0.29, 0.717) is 5.75 Å². The molecule has 0 spiro atoms. The second-order valence-corrected chi connectivity index (χ2v) is 4.88. The summed E-state index contributed by atoms with van der Waals surface area (Å²) < 4.78 is 10.3. The van der Waals surface area contributed by atoms with Crippen LogP contribution in [0.5, 0.6) is 5.75 Å². The maximum Gasteiger partial charge on any atom is 0.344 e. The zero-order valence-corrected chi connectivity index (χ0v) is 11.3. The number of ketones is 1. The van der Waals surface area contributed by atoms with Crippen molar-refractivity contribution in [2.75, 3.05) is 13.2 Å². The smallest absolute Gasteiger partial charge is 0.344 e. The third kappa shape index (κ3) is 5.48. The minimum absolute atomic E-state index is 0.0922. The van der Waals surface area contributed by atoms with E-state index < -0.39 is 11.6 Å². The number of Topliss-reactive ketones (excluding diaryl/α,β-unsaturated/α-hetero) is 1. The molecule has 0 bridgehead atoms. The predicted molar refractivity (Wildman–Crippen MR) is 69.0 cm³/mol. The van der Waals surface area contributed by atoms with Gasteiger partial charge < -0.3 is 15.2 Å². The number of nitrogens with zero attached hydrogens (tertiary/aromatic N) is 1. The largest absolute Gasteiger partial charge is 0.480 e. The molecule has 0 radical (unpaired) electrons. The van der Waals surface area contributed by atoms with E-state index in [4.69, 9.17) is 15.2 Å². The number of pyridine rings is 1. The van der Waals surface area contributed by atoms with E-state index in [1.165, 1.54) is 12.3 Å². The summed E-state index contributed by atoms with van der Waals surface area (Å²) in [7, 11) is 0. The first kappa shape index (κ1) is 15.1. The Morgan fingerprint density at radius 3 is 2.47 bits per heavy atom. The van der Waals surface area contributed by atoms with Gasteiger partial charge in [0.05, 0.1) is 12.7 Å². The second-order valence-electron chi connectivity index (χ2n) is 4.88. The molecule has 0 saturated heterocycles. The summed E-state index contributed by atoms with van der Waals surface area (Å²) in [5.41, 5.74) is 4.94. The molecule has 0 aromatic carbocycles. The predicted octanol–water partition coefficient (Wildman–Crippen LogP) is 0.943. The fraction of sp³-hybridized carbons (Fsp3) is 0.462. The minimum Gasteiger partial charge on any atom is -0.480 e. The first-order chi connectivity index (χ1) is 8.81. The van der Waals surface area contributed by atoms with Crippen molar-refractivity contribution in [1.29, 1.82) is 0 Å². The highest BCUT2D eigenvalue weighted by atomic mass is 16.6. The van der Waals surface area contributed by atoms with Crippen molar-refractivity contribution in [3.05, 3.63) is 24.0 Å². The molecule has 0 amide bonds. The van der Waals surface area contributed by atoms with Gasteiger partial charge in [-0.05, 0) is 32.9 Å². The molecule has 0 aliphatic heterocycles. The van der Waals surface area contributed by atoms with Crippen LogP contribution in [0.1, 0.15) is 31.3 Å². The molecule has 1 aromatic heterocycles. The lowest BCUT2D eigenvalue weighted by molar-refractivity contribution is -0.157. The highest BCUT2D eigenvalue weighted by Gasteiger charge is 2.16. The lowest BCUT2D eigenvalue weighted by atomic mass is 10.2. The topological polar surface area (TPSA) is 91.5 Å². The molecule has 104 valence electrons. The fourth-order valence-corrected chi connectivity index (χ4v) is 1.25. The number of esters is 1. The summed E-state index contributed by atoms with van der Waals surface area (Å²) >= 11 is 0. The third-order valence-electron chi connectivity index (χ3n) is 1.98. The number of carbonyl (C=O) groups excluding carboxylic acids is 2. The Bertz CT molecular complexity index is 449. The Morgan fingerprint density at radius 1 is 1.32 bits per heavy atom. The van der Waals surface area contributed by atoms with Crippen LogP contribution in [0.15, 0.2) is 18.3 Å². The summed E-state index contributed by atoms with van der Waals surface area (Å²) in [5.74, 6) is -0.326. The molecule has 0 atom stereocenters. The lowest BCUT2D eigenvalue weighted by Crippen LogP contribution is -2.27. The van der Waals surface area contributed by atoms with E-state index in [0.717, 1.165) is 0 Å². The molecule has 6 heteroatoms. The Kier molecular flexibility index (Phi) is 5.00. The fourth-order valence-electron chi connectivity index (χ4n) is 1.25. The number of carbonyl (C=O) groups is 2. The molecule has 0 saturated carbocycles. The van der Waals surface area contributed by atoms with Crippen molar-refractivity contribution >= 4 is 11.8 Å². The highest BCUT2D eigenvalue weighted by molar-refractivity contribution is 5.95. The Balaban J connectivity index is 2.50. The van der Waals surface area contributed by atoms with Crippen molar-refractivity contribution in [2.24, 2.45) is 5.73 Å². The number of nitrogens with two attached hydrogens (primary N) is 1. The van der Waals surface area contributed by atoms with Gasteiger partial charge in [0.1, 0.15) is 17.0 Å². The van der Waals surface area contributed by atoms with Crippen molar-refractivity contribution in [1.82, 2.24) is 4.98 Å². The number of rotatable bonds is 5. The molecule has 1 aromatic rings. The van der Waals surface area contributed by atoms with Gasteiger partial charge >= 0.3 is 5.97 Å². The van der Waals surface area contributed by atoms with Gasteiger partial charge in [0.25, 0.3) is 0 Å². The molecule has 19 heavy (non-hydrogen) atoms. The molecule has 1 heterocycles. The van der Waals surface area contributed by atoms with Crippen LogP contribution in [-0.2, 0) is 9.53 Å². The average Bonchev–Trinajstić information content (AvgIpc) is 2.34. The number of hydrogen-bond acceptors (Lipinski definition) is 6. The van der Waals surface area contributed by atoms with Crippen molar-refractivity contribution in [3.8, 4) is 5.75 Å². The van der Waals surface area contributed by atoms with Crippen LogP contribution >= 0.6 is 0 Å². The molecule has 0 unspecified atom stereocenters. The summed E-state index contributed by atoms with van der Waals surface area (Å²) in [5, 5.41) is 0. The molecule has 6 nitrogen and oxygen atoms in total. The van der Waals surface area contributed by atoms with E-state index in [2.05, 4.69) is 4.98 Å². The first-order valence-electron chi connectivity index (χ1n) is 5.86. The number of aromatic nitrogens is 1. The van der Waals surface area contributed by atoms with Gasteiger partial charge in [0.15, 0.2) is 12.4 Å². The molecule has 0 fully saturated rings. The van der Waals surface area contributed by atoms with Crippen LogP contribution in [-0.4, -0.2) is 35.5 Å². The van der Waals surface area contributed by atoms with Gasteiger partial charge in [0.2, 0.25) is 0 Å². The van der Waals surface area contributed by atoms with E-state index in [9.17, 15) is 9.59 Å². The van der Waals surface area contributed by atoms with E-state index in [1.807, 2.05) is 0 Å². The lowest BCUT2D eigenvalue weighted by Gasteiger charge is -2.19. The zero-order valence-electron chi connectivity index (χ0n) is 11.3. The minimum atomic E-state index is -0.546. The van der Waals surface area contributed by atoms with Crippen LogP contribution < -0.4 is 10.5 Å². The Hall–Kier alpha value is -1.95. The maximum absolute atomic E-state index is 11.4. The molecule has 0 aliphatic carbocycles. The van der Waals surface area contributed by atoms with Crippen LogP contribution in [0.2, 0.25) is 0 Å². The highest BCUT2D eigenvalue weighted by Crippen LogP contribution is 2.11. The molecular formula is C13H18N2O4. The van der Waals surface area contributed by atoms with Gasteiger partial charge in [-0.3, -0.25) is 4.79 Å². The van der Waals surface area contributed by atoms with Gasteiger partial charge in [-0.15, -0.1) is 0 Å². The maximum atomic E-state index is 11.4. The molecular weight excluding hydrogens is 248 g/mol. The van der Waals surface area contributed by atoms with Crippen molar-refractivity contribution < 1.29 is 19.1 Å². The van der Waals surface area contributed by atoms with Gasteiger partial charge in [-0.1, -0.05) is 0 Å². The summed E-state index contributed by atoms with van der Waals surface area (Å²) in [6, 6.07) is 3.06. The van der Waals surface area contributed by atoms with Crippen LogP contribution in [0.3, 0.4) is 0 Å². The molecule has 2 N–H and O–H groups in total. The van der Waals surface area contributed by atoms with E-state index >= 15 is 0 Å². The summed E-state index contributed by atoms with van der Waals surface area (Å²) in [6.07, 6.45) is 1.37. The normalized spacial score (nSPS) is 10.9. The Morgan fingerprint density at radius 2 is 2.00 bits per heavy atom. The van der Waals surface area contributed by atoms with E-state index in [1.54, 1.807) is 26.8 Å². The van der Waals surface area contributed by atoms with Crippen molar-refractivity contribution in [3.63, 3.8) is 0 Å². The van der Waals surface area contributed by atoms with Crippen LogP contribution in [0.4, 0.5) is 0 Å². The second kappa shape index (κ2) is 6.29. The number of ether oxygens (including phenoxy) is 2. The van der Waals surface area contributed by atoms with Gasteiger partial charge in [-0.2, -0.15) is 0 Å². The average molecular weight is 266 g/mol. The Labute approximate surface area is 111 Å². The quantitative estimate of drug-likeness (QED) is 0.630. The van der Waals surface area contributed by atoms with Crippen LogP contribution in [0.25, 0.3) is 0 Å². The SMILES string of the molecule is CC(C)(C)OC(=O)COc1ccc(C(=O)CN)nc1. The van der Waals surface area contributed by atoms with Crippen molar-refractivity contribution in [2.45, 2.75) is 26.4 Å². The third-order valence-corrected chi connectivity index (χ3v) is 1.98. The molecule has 0 aliphatic rings. The zero-order chi connectivity index (χ0) is 14.5. The van der Waals surface area contributed by atoms with Gasteiger partial charge in [0, 0.05) is 0 Å². The van der Waals surface area contributed by atoms with Crippen LogP contribution in [0, 0.1) is 0 Å². The molecule has 1 rings (SSSR count). The monoisotopic (exact) mass is 266 g/mol. The number of hydrogen-bond donors (Lipinski definition) is 1.